The molecule has 2 unspecified atom stereocenters. The molecule has 0 heterocycles. The van der Waals surface area contributed by atoms with E-state index >= 15 is 0 Å². The van der Waals surface area contributed by atoms with E-state index in [2.05, 4.69) is 17.2 Å². The van der Waals surface area contributed by atoms with E-state index in [-0.39, 0.29) is 0 Å². The summed E-state index contributed by atoms with van der Waals surface area (Å²) in [6, 6.07) is 0.757. The number of nitrogens with one attached hydrogen (secondary N) is 1. The van der Waals surface area contributed by atoms with Crippen molar-refractivity contribution < 1.29 is 0 Å². The fourth-order valence-electron chi connectivity index (χ4n) is 3.81. The minimum absolute atomic E-state index is 0.757. The first-order valence-electron chi connectivity index (χ1n) is 7.55. The molecule has 2 aliphatic carbocycles. The molecule has 96 valence electrons. The van der Waals surface area contributed by atoms with Gasteiger partial charge in [-0.05, 0) is 31.6 Å². The third kappa shape index (κ3) is 3.75. The maximum Gasteiger partial charge on any atom is 0.0578 e. The van der Waals surface area contributed by atoms with Crippen molar-refractivity contribution in [2.45, 2.75) is 70.8 Å². The predicted molar refractivity (Wildman–Crippen MR) is 73.8 cm³/mol. The second-order valence-corrected chi connectivity index (χ2v) is 5.76. The Morgan fingerprint density at radius 3 is 2.41 bits per heavy atom. The average molecular weight is 233 g/mol. The molecule has 2 atom stereocenters. The number of hydrogen-bond donors (Lipinski definition) is 1. The smallest absolute Gasteiger partial charge is 0.0578 e. The Kier molecular flexibility index (Phi) is 5.39. The molecule has 0 aliphatic heterocycles. The Labute approximate surface area is 107 Å². The maximum atomic E-state index is 3.70. The lowest BCUT2D eigenvalue weighted by molar-refractivity contribution is 0.153. The van der Waals surface area contributed by atoms with Gasteiger partial charge in [0.2, 0.25) is 0 Å². The predicted octanol–water partition coefficient (Wildman–Crippen LogP) is 3.74. The molecule has 17 heavy (non-hydrogen) atoms. The third-order valence-electron chi connectivity index (χ3n) is 4.70. The van der Waals surface area contributed by atoms with Crippen LogP contribution in [0, 0.1) is 23.7 Å². The summed E-state index contributed by atoms with van der Waals surface area (Å²) in [5, 5.41) is 3.70. The molecule has 0 radical (unpaired) electrons. The number of hydrogen-bond acceptors (Lipinski definition) is 1. The van der Waals surface area contributed by atoms with Crippen molar-refractivity contribution in [3.05, 3.63) is 0 Å². The maximum absolute atomic E-state index is 3.70. The minimum atomic E-state index is 0.757. The van der Waals surface area contributed by atoms with Crippen molar-refractivity contribution in [3.8, 4) is 11.8 Å². The van der Waals surface area contributed by atoms with Gasteiger partial charge in [0.1, 0.15) is 0 Å². The van der Waals surface area contributed by atoms with Crippen LogP contribution < -0.4 is 5.32 Å². The summed E-state index contributed by atoms with van der Waals surface area (Å²) in [4.78, 5) is 0. The summed E-state index contributed by atoms with van der Waals surface area (Å²) in [6.07, 6.45) is 13.1. The van der Waals surface area contributed by atoms with Gasteiger partial charge in [-0.25, -0.2) is 0 Å². The molecule has 0 saturated heterocycles. The van der Waals surface area contributed by atoms with Gasteiger partial charge < -0.3 is 5.32 Å². The van der Waals surface area contributed by atoms with Crippen LogP contribution in [0.3, 0.4) is 0 Å². The van der Waals surface area contributed by atoms with E-state index in [1.807, 2.05) is 6.92 Å². The van der Waals surface area contributed by atoms with Crippen molar-refractivity contribution in [2.75, 3.05) is 6.54 Å². The normalized spacial score (nSPS) is 30.6. The molecule has 1 N–H and O–H groups in total. The van der Waals surface area contributed by atoms with Crippen LogP contribution in [0.2, 0.25) is 0 Å². The molecule has 1 heteroatoms. The molecule has 2 fully saturated rings. The van der Waals surface area contributed by atoms with Crippen molar-refractivity contribution in [1.29, 1.82) is 0 Å². The average Bonchev–Trinajstić information content (AvgIpc) is 2.41. The van der Waals surface area contributed by atoms with Crippen LogP contribution in [-0.2, 0) is 0 Å². The Hall–Kier alpha value is -0.480. The van der Waals surface area contributed by atoms with Crippen molar-refractivity contribution in [2.24, 2.45) is 11.8 Å². The highest BCUT2D eigenvalue weighted by atomic mass is 14.9. The molecule has 0 aromatic rings. The zero-order chi connectivity index (χ0) is 11.9. The second kappa shape index (κ2) is 7.07. The summed E-state index contributed by atoms with van der Waals surface area (Å²) in [6.45, 7) is 2.82. The molecular weight excluding hydrogens is 206 g/mol. The van der Waals surface area contributed by atoms with E-state index in [4.69, 9.17) is 0 Å². The molecule has 2 saturated carbocycles. The van der Waals surface area contributed by atoms with Gasteiger partial charge in [-0.1, -0.05) is 50.9 Å². The highest BCUT2D eigenvalue weighted by molar-refractivity contribution is 4.99. The number of rotatable bonds is 3. The standard InChI is InChI=1S/C16H27N/c1-2-3-13-17-16-12-8-7-11-15(16)14-9-5-4-6-10-14/h14-17H,4-13H2,1H3. The minimum Gasteiger partial charge on any atom is -0.303 e. The monoisotopic (exact) mass is 233 g/mol. The van der Waals surface area contributed by atoms with Gasteiger partial charge in [0.15, 0.2) is 0 Å². The molecule has 0 bridgehead atoms. The lowest BCUT2D eigenvalue weighted by Crippen LogP contribution is -2.42. The fourth-order valence-corrected chi connectivity index (χ4v) is 3.81. The summed E-state index contributed by atoms with van der Waals surface area (Å²) >= 11 is 0. The van der Waals surface area contributed by atoms with Gasteiger partial charge in [-0.2, -0.15) is 0 Å². The van der Waals surface area contributed by atoms with Crippen LogP contribution in [0.25, 0.3) is 0 Å². The van der Waals surface area contributed by atoms with Crippen LogP contribution >= 0.6 is 0 Å². The van der Waals surface area contributed by atoms with Gasteiger partial charge >= 0.3 is 0 Å². The van der Waals surface area contributed by atoms with Crippen molar-refractivity contribution in [1.82, 2.24) is 5.32 Å². The molecule has 0 aromatic heterocycles. The first kappa shape index (κ1) is 13.0. The highest BCUT2D eigenvalue weighted by Crippen LogP contribution is 2.38. The zero-order valence-corrected chi connectivity index (χ0v) is 11.3. The Balaban J connectivity index is 1.87. The lowest BCUT2D eigenvalue weighted by Gasteiger charge is -2.39. The van der Waals surface area contributed by atoms with E-state index in [0.29, 0.717) is 0 Å². The van der Waals surface area contributed by atoms with Gasteiger partial charge in [0.25, 0.3) is 0 Å². The van der Waals surface area contributed by atoms with Crippen LogP contribution in [-0.4, -0.2) is 12.6 Å². The first-order chi connectivity index (χ1) is 8.42. The Morgan fingerprint density at radius 2 is 1.65 bits per heavy atom. The SMILES string of the molecule is CC#CCNC1CCCCC1C1CCCCC1. The van der Waals surface area contributed by atoms with E-state index < -0.39 is 0 Å². The quantitative estimate of drug-likeness (QED) is 0.732. The summed E-state index contributed by atoms with van der Waals surface area (Å²) < 4.78 is 0. The van der Waals surface area contributed by atoms with Gasteiger partial charge in [0, 0.05) is 6.04 Å². The Morgan fingerprint density at radius 1 is 0.941 bits per heavy atom. The van der Waals surface area contributed by atoms with E-state index in [0.717, 1.165) is 24.4 Å². The molecule has 0 amide bonds. The van der Waals surface area contributed by atoms with Gasteiger partial charge in [-0.3, -0.25) is 0 Å². The first-order valence-corrected chi connectivity index (χ1v) is 7.55. The van der Waals surface area contributed by atoms with Gasteiger partial charge in [-0.15, -0.1) is 5.92 Å². The fraction of sp³-hybridized carbons (Fsp3) is 0.875. The summed E-state index contributed by atoms with van der Waals surface area (Å²) in [5.41, 5.74) is 0. The van der Waals surface area contributed by atoms with Crippen molar-refractivity contribution >= 4 is 0 Å². The van der Waals surface area contributed by atoms with E-state index in [1.54, 1.807) is 0 Å². The van der Waals surface area contributed by atoms with Crippen LogP contribution in [0.4, 0.5) is 0 Å². The van der Waals surface area contributed by atoms with E-state index in [1.165, 1.54) is 57.8 Å². The molecule has 2 aliphatic rings. The third-order valence-corrected chi connectivity index (χ3v) is 4.70. The molecule has 2 rings (SSSR count). The van der Waals surface area contributed by atoms with E-state index in [9.17, 15) is 0 Å². The molecule has 0 spiro atoms. The van der Waals surface area contributed by atoms with Crippen LogP contribution in [0.15, 0.2) is 0 Å². The lowest BCUT2D eigenvalue weighted by atomic mass is 9.71. The molecule has 0 aromatic carbocycles. The zero-order valence-electron chi connectivity index (χ0n) is 11.3. The highest BCUT2D eigenvalue weighted by Gasteiger charge is 2.31. The molecular formula is C16H27N. The summed E-state index contributed by atoms with van der Waals surface area (Å²) in [7, 11) is 0. The van der Waals surface area contributed by atoms with Crippen LogP contribution in [0.1, 0.15) is 64.7 Å². The van der Waals surface area contributed by atoms with Gasteiger partial charge in [0.05, 0.1) is 6.54 Å². The summed E-state index contributed by atoms with van der Waals surface area (Å²) in [5.74, 6) is 8.10. The van der Waals surface area contributed by atoms with Crippen molar-refractivity contribution in [3.63, 3.8) is 0 Å². The molecule has 1 nitrogen and oxygen atoms in total. The Bertz CT molecular complexity index is 267. The topological polar surface area (TPSA) is 12.0 Å². The largest absolute Gasteiger partial charge is 0.303 e. The second-order valence-electron chi connectivity index (χ2n) is 5.76. The van der Waals surface area contributed by atoms with Crippen LogP contribution in [0.5, 0.6) is 0 Å².